The van der Waals surface area contributed by atoms with Crippen LogP contribution < -0.4 is 0 Å². The van der Waals surface area contributed by atoms with Gasteiger partial charge in [0, 0.05) is 19.0 Å². The zero-order valence-electron chi connectivity index (χ0n) is 9.49. The summed E-state index contributed by atoms with van der Waals surface area (Å²) >= 11 is 0. The van der Waals surface area contributed by atoms with Crippen LogP contribution in [0.4, 0.5) is 8.78 Å². The van der Waals surface area contributed by atoms with E-state index in [1.54, 1.807) is 0 Å². The summed E-state index contributed by atoms with van der Waals surface area (Å²) in [6.45, 7) is 4.08. The molecule has 1 heterocycles. The summed E-state index contributed by atoms with van der Waals surface area (Å²) in [5.41, 5.74) is 0. The Hall–Kier alpha value is -0.710. The number of alkyl halides is 2. The predicted octanol–water partition coefficient (Wildman–Crippen LogP) is 1.26. The lowest BCUT2D eigenvalue weighted by atomic mass is 10.0. The van der Waals surface area contributed by atoms with Crippen molar-refractivity contribution < 1.29 is 18.7 Å². The average Bonchev–Trinajstić information content (AvgIpc) is 2.62. The number of nitrogens with zero attached hydrogens (tertiary/aromatic N) is 1. The van der Waals surface area contributed by atoms with Crippen LogP contribution in [0.5, 0.6) is 0 Å². The van der Waals surface area contributed by atoms with E-state index in [0.717, 1.165) is 0 Å². The Morgan fingerprint density at radius 2 is 2.06 bits per heavy atom. The van der Waals surface area contributed by atoms with Crippen LogP contribution in [0.25, 0.3) is 0 Å². The fourth-order valence-electron chi connectivity index (χ4n) is 2.41. The van der Waals surface area contributed by atoms with Crippen LogP contribution >= 0.6 is 0 Å². The summed E-state index contributed by atoms with van der Waals surface area (Å²) in [7, 11) is 0. The summed E-state index contributed by atoms with van der Waals surface area (Å²) in [5.74, 6) is -4.25. The van der Waals surface area contributed by atoms with E-state index < -0.39 is 23.9 Å². The molecule has 2 aliphatic rings. The van der Waals surface area contributed by atoms with Gasteiger partial charge in [0.15, 0.2) is 0 Å². The number of aliphatic hydroxyl groups excluding tert-OH is 1. The number of likely N-dealkylation sites (tertiary alicyclic amines) is 1. The van der Waals surface area contributed by atoms with E-state index in [2.05, 4.69) is 0 Å². The van der Waals surface area contributed by atoms with Gasteiger partial charge in [0.1, 0.15) is 5.92 Å². The molecule has 2 unspecified atom stereocenters. The van der Waals surface area contributed by atoms with Gasteiger partial charge in [0.05, 0.1) is 6.10 Å². The van der Waals surface area contributed by atoms with E-state index in [-0.39, 0.29) is 24.9 Å². The topological polar surface area (TPSA) is 40.5 Å². The van der Waals surface area contributed by atoms with Gasteiger partial charge in [-0.05, 0) is 12.3 Å². The second kappa shape index (κ2) is 3.65. The van der Waals surface area contributed by atoms with Crippen molar-refractivity contribution in [1.29, 1.82) is 0 Å². The number of carbonyl (C=O) groups is 1. The Bertz CT molecular complexity index is 306. The van der Waals surface area contributed by atoms with Crippen LogP contribution in [-0.4, -0.2) is 40.5 Å². The molecule has 2 rings (SSSR count). The van der Waals surface area contributed by atoms with Gasteiger partial charge in [0.25, 0.3) is 5.92 Å². The van der Waals surface area contributed by atoms with Gasteiger partial charge in [-0.1, -0.05) is 13.8 Å². The van der Waals surface area contributed by atoms with Crippen molar-refractivity contribution in [2.45, 2.75) is 44.8 Å². The van der Waals surface area contributed by atoms with Crippen LogP contribution in [0.2, 0.25) is 0 Å². The zero-order valence-corrected chi connectivity index (χ0v) is 9.49. The van der Waals surface area contributed by atoms with Crippen molar-refractivity contribution >= 4 is 5.91 Å². The Labute approximate surface area is 93.4 Å². The third-order valence-corrected chi connectivity index (χ3v) is 3.50. The van der Waals surface area contributed by atoms with Gasteiger partial charge in [-0.3, -0.25) is 4.79 Å². The van der Waals surface area contributed by atoms with Crippen LogP contribution in [0, 0.1) is 11.8 Å². The predicted molar refractivity (Wildman–Crippen MR) is 54.0 cm³/mol. The molecular formula is C11H17F2NO2. The highest BCUT2D eigenvalue weighted by molar-refractivity contribution is 5.83. The summed E-state index contributed by atoms with van der Waals surface area (Å²) in [6.07, 6.45) is -0.394. The first-order chi connectivity index (χ1) is 7.33. The van der Waals surface area contributed by atoms with Gasteiger partial charge in [-0.15, -0.1) is 0 Å². The first kappa shape index (κ1) is 11.8. The van der Waals surface area contributed by atoms with Crippen LogP contribution in [0.3, 0.4) is 0 Å². The molecule has 16 heavy (non-hydrogen) atoms. The Morgan fingerprint density at radius 1 is 1.50 bits per heavy atom. The Balaban J connectivity index is 2.05. The van der Waals surface area contributed by atoms with Crippen LogP contribution in [0.15, 0.2) is 0 Å². The molecule has 0 spiro atoms. The number of β-amino-alcohol motifs (C(OH)–C–C–N with tert-alkyl or cyclic N) is 1. The third-order valence-electron chi connectivity index (χ3n) is 3.50. The van der Waals surface area contributed by atoms with E-state index in [9.17, 15) is 18.7 Å². The molecule has 1 saturated heterocycles. The number of rotatable bonds is 2. The van der Waals surface area contributed by atoms with Crippen molar-refractivity contribution in [2.24, 2.45) is 11.8 Å². The van der Waals surface area contributed by atoms with Crippen LogP contribution in [-0.2, 0) is 4.79 Å². The third kappa shape index (κ3) is 1.93. The zero-order chi connectivity index (χ0) is 12.1. The molecule has 3 atom stereocenters. The fraction of sp³-hybridized carbons (Fsp3) is 0.909. The molecule has 5 heteroatoms. The summed E-state index contributed by atoms with van der Waals surface area (Å²) in [4.78, 5) is 13.3. The highest BCUT2D eigenvalue weighted by atomic mass is 19.3. The van der Waals surface area contributed by atoms with E-state index in [1.165, 1.54) is 4.90 Å². The van der Waals surface area contributed by atoms with Crippen molar-refractivity contribution in [2.75, 3.05) is 6.54 Å². The molecule has 2 fully saturated rings. The first-order valence-electron chi connectivity index (χ1n) is 5.69. The van der Waals surface area contributed by atoms with E-state index >= 15 is 0 Å². The van der Waals surface area contributed by atoms with Gasteiger partial charge in [-0.25, -0.2) is 8.78 Å². The molecule has 1 N–H and O–H groups in total. The molecule has 0 aromatic carbocycles. The largest absolute Gasteiger partial charge is 0.391 e. The molecule has 1 aliphatic carbocycles. The standard InChI is InChI=1S/C11H17F2NO2/c1-6(2)9-3-7(15)5-14(9)10(16)8-4-11(8,12)13/h6-9,15H,3-5H2,1-2H3/t7-,8?,9?/m1/s1. The second-order valence-corrected chi connectivity index (χ2v) is 5.21. The summed E-state index contributed by atoms with van der Waals surface area (Å²) < 4.78 is 25.6. The number of halogens is 2. The number of carbonyl (C=O) groups excluding carboxylic acids is 1. The number of hydrogen-bond acceptors (Lipinski definition) is 2. The highest BCUT2D eigenvalue weighted by Gasteiger charge is 2.63. The van der Waals surface area contributed by atoms with Crippen molar-refractivity contribution in [3.63, 3.8) is 0 Å². The van der Waals surface area contributed by atoms with E-state index in [1.807, 2.05) is 13.8 Å². The van der Waals surface area contributed by atoms with E-state index in [4.69, 9.17) is 0 Å². The molecule has 0 aromatic heterocycles. The van der Waals surface area contributed by atoms with Crippen LogP contribution in [0.1, 0.15) is 26.7 Å². The van der Waals surface area contributed by atoms with Gasteiger partial charge < -0.3 is 10.0 Å². The molecule has 1 amide bonds. The highest BCUT2D eigenvalue weighted by Crippen LogP contribution is 2.50. The van der Waals surface area contributed by atoms with Crippen molar-refractivity contribution in [1.82, 2.24) is 4.90 Å². The average molecular weight is 233 g/mol. The lowest BCUT2D eigenvalue weighted by Gasteiger charge is -2.27. The Kier molecular flexibility index (Phi) is 2.69. The molecule has 0 bridgehead atoms. The number of amides is 1. The maximum absolute atomic E-state index is 12.8. The maximum Gasteiger partial charge on any atom is 0.260 e. The molecular weight excluding hydrogens is 216 g/mol. The van der Waals surface area contributed by atoms with Crippen molar-refractivity contribution in [3.05, 3.63) is 0 Å². The lowest BCUT2D eigenvalue weighted by molar-refractivity contribution is -0.136. The Morgan fingerprint density at radius 3 is 2.50 bits per heavy atom. The smallest absolute Gasteiger partial charge is 0.260 e. The minimum absolute atomic E-state index is 0.0982. The lowest BCUT2D eigenvalue weighted by Crippen LogP contribution is -2.40. The van der Waals surface area contributed by atoms with Gasteiger partial charge >= 0.3 is 0 Å². The monoisotopic (exact) mass is 233 g/mol. The summed E-state index contributed by atoms with van der Waals surface area (Å²) in [6, 6.07) is -0.0982. The minimum Gasteiger partial charge on any atom is -0.391 e. The molecule has 1 saturated carbocycles. The molecule has 0 aromatic rings. The first-order valence-corrected chi connectivity index (χ1v) is 5.69. The molecule has 92 valence electrons. The normalized spacial score (nSPS) is 36.9. The molecule has 3 nitrogen and oxygen atoms in total. The maximum atomic E-state index is 12.8. The quantitative estimate of drug-likeness (QED) is 0.780. The summed E-state index contributed by atoms with van der Waals surface area (Å²) in [5, 5.41) is 9.52. The van der Waals surface area contributed by atoms with Gasteiger partial charge in [0.2, 0.25) is 5.91 Å². The molecule has 1 aliphatic heterocycles. The molecule has 0 radical (unpaired) electrons. The van der Waals surface area contributed by atoms with E-state index in [0.29, 0.717) is 6.42 Å². The number of hydrogen-bond donors (Lipinski definition) is 1. The second-order valence-electron chi connectivity index (χ2n) is 5.21. The van der Waals surface area contributed by atoms with Crippen molar-refractivity contribution in [3.8, 4) is 0 Å². The SMILES string of the molecule is CC(C)C1C[C@@H](O)CN1C(=O)C1CC1(F)F. The minimum atomic E-state index is -2.81. The number of aliphatic hydroxyl groups is 1. The fourth-order valence-corrected chi connectivity index (χ4v) is 2.41. The van der Waals surface area contributed by atoms with Gasteiger partial charge in [-0.2, -0.15) is 0 Å².